The molecule has 0 radical (unpaired) electrons. The quantitative estimate of drug-likeness (QED) is 0.733. The van der Waals surface area contributed by atoms with Crippen LogP contribution in [0, 0.1) is 0 Å². The van der Waals surface area contributed by atoms with Gasteiger partial charge in [0.1, 0.15) is 11.5 Å². The molecule has 4 nitrogen and oxygen atoms in total. The van der Waals surface area contributed by atoms with E-state index in [9.17, 15) is 4.79 Å². The number of rotatable bonds is 5. The molecule has 0 saturated heterocycles. The van der Waals surface area contributed by atoms with E-state index >= 15 is 0 Å². The second-order valence-corrected chi connectivity index (χ2v) is 8.84. The zero-order chi connectivity index (χ0) is 17.1. The van der Waals surface area contributed by atoms with Crippen LogP contribution in [0.2, 0.25) is 0 Å². The van der Waals surface area contributed by atoms with Gasteiger partial charge < -0.3 is 4.42 Å². The molecule has 25 heavy (non-hydrogen) atoms. The Balaban J connectivity index is 1.48. The first-order valence-electron chi connectivity index (χ1n) is 8.89. The lowest BCUT2D eigenvalue weighted by Gasteiger charge is -2.23. The lowest BCUT2D eigenvalue weighted by Crippen LogP contribution is -2.29. The van der Waals surface area contributed by atoms with Crippen molar-refractivity contribution < 1.29 is 9.21 Å². The SMILES string of the molecule is O=C(CSC1CCCCC1)N1N=C(c2ccco2)CC1c1cccs1. The molecule has 2 aromatic heterocycles. The van der Waals surface area contributed by atoms with E-state index < -0.39 is 0 Å². The Kier molecular flexibility index (Phi) is 5.27. The highest BCUT2D eigenvalue weighted by Gasteiger charge is 2.34. The zero-order valence-corrected chi connectivity index (χ0v) is 15.7. The molecular weight excluding hydrogens is 352 g/mol. The number of thiophene rings is 1. The fourth-order valence-corrected chi connectivity index (χ4v) is 5.51. The molecule has 1 aliphatic heterocycles. The minimum absolute atomic E-state index is 0.000411. The predicted octanol–water partition coefficient (Wildman–Crippen LogP) is 5.08. The van der Waals surface area contributed by atoms with Crippen molar-refractivity contribution in [3.05, 3.63) is 46.5 Å². The predicted molar refractivity (Wildman–Crippen MR) is 103 cm³/mol. The van der Waals surface area contributed by atoms with Crippen molar-refractivity contribution in [3.8, 4) is 0 Å². The van der Waals surface area contributed by atoms with Crippen molar-refractivity contribution in [1.82, 2.24) is 5.01 Å². The van der Waals surface area contributed by atoms with Crippen molar-refractivity contribution in [3.63, 3.8) is 0 Å². The molecule has 1 saturated carbocycles. The van der Waals surface area contributed by atoms with Gasteiger partial charge in [0.25, 0.3) is 5.91 Å². The summed E-state index contributed by atoms with van der Waals surface area (Å²) in [6.07, 6.45) is 8.80. The third-order valence-electron chi connectivity index (χ3n) is 4.84. The van der Waals surface area contributed by atoms with Gasteiger partial charge in [-0.25, -0.2) is 5.01 Å². The van der Waals surface area contributed by atoms with Crippen LogP contribution in [0.15, 0.2) is 45.4 Å². The van der Waals surface area contributed by atoms with Gasteiger partial charge in [-0.2, -0.15) is 5.10 Å². The molecule has 3 heterocycles. The largest absolute Gasteiger partial charge is 0.463 e. The molecular formula is C19H22N2O2S2. The number of hydrazone groups is 1. The van der Waals surface area contributed by atoms with E-state index in [1.807, 2.05) is 30.0 Å². The number of carbonyl (C=O) groups is 1. The number of carbonyl (C=O) groups excluding carboxylic acids is 1. The summed E-state index contributed by atoms with van der Waals surface area (Å²) in [6, 6.07) is 7.89. The second kappa shape index (κ2) is 7.79. The van der Waals surface area contributed by atoms with Crippen molar-refractivity contribution in [2.24, 2.45) is 5.10 Å². The maximum Gasteiger partial charge on any atom is 0.253 e. The molecule has 4 rings (SSSR count). The normalized spacial score (nSPS) is 21.5. The highest BCUT2D eigenvalue weighted by atomic mass is 32.2. The van der Waals surface area contributed by atoms with Crippen LogP contribution in [0.25, 0.3) is 0 Å². The molecule has 1 fully saturated rings. The van der Waals surface area contributed by atoms with Gasteiger partial charge in [-0.15, -0.1) is 23.1 Å². The fraction of sp³-hybridized carbons (Fsp3) is 0.474. The van der Waals surface area contributed by atoms with Crippen LogP contribution in [-0.4, -0.2) is 27.6 Å². The maximum atomic E-state index is 12.9. The summed E-state index contributed by atoms with van der Waals surface area (Å²) in [5.41, 5.74) is 0.861. The Morgan fingerprint density at radius 3 is 2.88 bits per heavy atom. The maximum absolute atomic E-state index is 12.9. The Bertz CT molecular complexity index is 719. The molecule has 1 aliphatic carbocycles. The zero-order valence-electron chi connectivity index (χ0n) is 14.1. The standard InChI is InChI=1S/C19H22N2O2S2/c22-19(13-25-14-6-2-1-3-7-14)21-16(18-9-5-11-24-18)12-15(20-21)17-8-4-10-23-17/h4-5,8-11,14,16H,1-3,6-7,12-13H2. The van der Waals surface area contributed by atoms with Crippen molar-refractivity contribution in [2.75, 3.05) is 5.75 Å². The first-order chi connectivity index (χ1) is 12.3. The first-order valence-corrected chi connectivity index (χ1v) is 10.8. The van der Waals surface area contributed by atoms with Crippen LogP contribution in [0.5, 0.6) is 0 Å². The van der Waals surface area contributed by atoms with E-state index in [1.54, 1.807) is 22.6 Å². The van der Waals surface area contributed by atoms with Gasteiger partial charge in [0.2, 0.25) is 0 Å². The fourth-order valence-electron chi connectivity index (χ4n) is 3.52. The van der Waals surface area contributed by atoms with Crippen LogP contribution in [-0.2, 0) is 4.79 Å². The van der Waals surface area contributed by atoms with E-state index in [1.165, 1.54) is 37.0 Å². The van der Waals surface area contributed by atoms with Gasteiger partial charge in [0.05, 0.1) is 18.1 Å². The second-order valence-electron chi connectivity index (χ2n) is 6.57. The smallest absolute Gasteiger partial charge is 0.253 e. The number of amides is 1. The lowest BCUT2D eigenvalue weighted by molar-refractivity contribution is -0.130. The molecule has 6 heteroatoms. The van der Waals surface area contributed by atoms with E-state index in [2.05, 4.69) is 16.5 Å². The van der Waals surface area contributed by atoms with Crippen LogP contribution in [0.3, 0.4) is 0 Å². The molecule has 2 aromatic rings. The summed E-state index contributed by atoms with van der Waals surface area (Å²) in [5.74, 6) is 1.38. The summed E-state index contributed by atoms with van der Waals surface area (Å²) in [6.45, 7) is 0. The van der Waals surface area contributed by atoms with Crippen LogP contribution >= 0.6 is 23.1 Å². The number of thioether (sulfide) groups is 1. The van der Waals surface area contributed by atoms with E-state index in [0.717, 1.165) is 11.5 Å². The number of nitrogens with zero attached hydrogens (tertiary/aromatic N) is 2. The number of furan rings is 1. The van der Waals surface area contributed by atoms with Gasteiger partial charge in [0, 0.05) is 16.5 Å². The van der Waals surface area contributed by atoms with Crippen molar-refractivity contribution in [1.29, 1.82) is 0 Å². The summed E-state index contributed by atoms with van der Waals surface area (Å²) < 4.78 is 5.50. The Hall–Kier alpha value is -1.53. The van der Waals surface area contributed by atoms with Gasteiger partial charge >= 0.3 is 0 Å². The Morgan fingerprint density at radius 2 is 2.16 bits per heavy atom. The first kappa shape index (κ1) is 16.9. The van der Waals surface area contributed by atoms with Gasteiger partial charge in [-0.1, -0.05) is 25.3 Å². The van der Waals surface area contributed by atoms with E-state index in [4.69, 9.17) is 4.42 Å². The summed E-state index contributed by atoms with van der Waals surface area (Å²) in [4.78, 5) is 14.1. The number of hydrogen-bond acceptors (Lipinski definition) is 5. The Morgan fingerprint density at radius 1 is 1.28 bits per heavy atom. The molecule has 0 aromatic carbocycles. The molecule has 1 atom stereocenters. The Labute approximate surface area is 156 Å². The van der Waals surface area contributed by atoms with Gasteiger partial charge in [-0.05, 0) is 36.4 Å². The molecule has 1 unspecified atom stereocenters. The van der Waals surface area contributed by atoms with Gasteiger partial charge in [0.15, 0.2) is 0 Å². The van der Waals surface area contributed by atoms with Crippen molar-refractivity contribution in [2.45, 2.75) is 49.8 Å². The third-order valence-corrected chi connectivity index (χ3v) is 7.17. The monoisotopic (exact) mass is 374 g/mol. The lowest BCUT2D eigenvalue weighted by atomic mass is 10.0. The molecule has 2 aliphatic rings. The molecule has 132 valence electrons. The molecule has 0 spiro atoms. The third kappa shape index (κ3) is 3.85. The highest BCUT2D eigenvalue weighted by Crippen LogP contribution is 2.36. The molecule has 0 bridgehead atoms. The minimum Gasteiger partial charge on any atom is -0.463 e. The molecule has 0 N–H and O–H groups in total. The van der Waals surface area contributed by atoms with E-state index in [-0.39, 0.29) is 11.9 Å². The number of hydrogen-bond donors (Lipinski definition) is 0. The highest BCUT2D eigenvalue weighted by molar-refractivity contribution is 8.00. The average molecular weight is 375 g/mol. The van der Waals surface area contributed by atoms with Crippen LogP contribution in [0.4, 0.5) is 0 Å². The summed E-state index contributed by atoms with van der Waals surface area (Å²) in [7, 11) is 0. The van der Waals surface area contributed by atoms with Crippen LogP contribution < -0.4 is 0 Å². The van der Waals surface area contributed by atoms with Crippen LogP contribution in [0.1, 0.15) is 55.2 Å². The summed E-state index contributed by atoms with van der Waals surface area (Å²) >= 11 is 3.49. The van der Waals surface area contributed by atoms with Crippen molar-refractivity contribution >= 4 is 34.7 Å². The van der Waals surface area contributed by atoms with E-state index in [0.29, 0.717) is 17.4 Å². The minimum atomic E-state index is -0.000411. The van der Waals surface area contributed by atoms with Gasteiger partial charge in [-0.3, -0.25) is 4.79 Å². The molecule has 1 amide bonds. The summed E-state index contributed by atoms with van der Waals surface area (Å²) in [5, 5.41) is 9.01. The average Bonchev–Trinajstić information content (AvgIpc) is 3.40. The topological polar surface area (TPSA) is 45.8 Å².